The van der Waals surface area contributed by atoms with Gasteiger partial charge in [-0.25, -0.2) is 0 Å². The Kier molecular flexibility index (Phi) is 8.17. The molecule has 0 amide bonds. The van der Waals surface area contributed by atoms with E-state index in [1.165, 1.54) is 0 Å². The van der Waals surface area contributed by atoms with Crippen LogP contribution in [0.5, 0.6) is 0 Å². The molecule has 8 fully saturated rings. The van der Waals surface area contributed by atoms with Crippen molar-refractivity contribution in [1.82, 2.24) is 0 Å². The van der Waals surface area contributed by atoms with E-state index in [1.54, 1.807) is 0 Å². The van der Waals surface area contributed by atoms with Gasteiger partial charge in [0, 0.05) is 18.3 Å². The number of carbonyl (C=O) groups excluding carboxylic acids is 4. The van der Waals surface area contributed by atoms with Crippen molar-refractivity contribution in [3.05, 3.63) is 0 Å². The van der Waals surface area contributed by atoms with Gasteiger partial charge in [0.05, 0.1) is 27.8 Å². The molecular formula is C39H58O9. The molecule has 0 aromatic carbocycles. The Morgan fingerprint density at radius 1 is 0.854 bits per heavy atom. The van der Waals surface area contributed by atoms with Crippen LogP contribution < -0.4 is 0 Å². The van der Waals surface area contributed by atoms with E-state index in [9.17, 15) is 24.3 Å². The molecule has 9 heteroatoms. The predicted octanol–water partition coefficient (Wildman–Crippen LogP) is 6.60. The molecule has 9 atom stereocenters. The van der Waals surface area contributed by atoms with Crippen LogP contribution in [0, 0.1) is 45.8 Å². The second-order valence-corrected chi connectivity index (χ2v) is 18.9. The highest BCUT2D eigenvalue weighted by Crippen LogP contribution is 2.60. The van der Waals surface area contributed by atoms with E-state index in [2.05, 4.69) is 6.92 Å². The average Bonchev–Trinajstić information content (AvgIpc) is 3.75. The van der Waals surface area contributed by atoms with Crippen molar-refractivity contribution in [3.8, 4) is 0 Å². The Hall–Kier alpha value is -2.16. The Morgan fingerprint density at radius 3 is 2.12 bits per heavy atom. The summed E-state index contributed by atoms with van der Waals surface area (Å²) in [6, 6.07) is 0. The zero-order valence-electron chi connectivity index (χ0n) is 30.1. The summed E-state index contributed by atoms with van der Waals surface area (Å²) >= 11 is 0. The number of hydrogen-bond donors (Lipinski definition) is 1. The van der Waals surface area contributed by atoms with Crippen molar-refractivity contribution < 1.29 is 43.2 Å². The van der Waals surface area contributed by atoms with Crippen molar-refractivity contribution in [2.45, 2.75) is 173 Å². The van der Waals surface area contributed by atoms with Gasteiger partial charge in [-0.2, -0.15) is 0 Å². The lowest BCUT2D eigenvalue weighted by atomic mass is 9.52. The maximum atomic E-state index is 14.5. The lowest BCUT2D eigenvalue weighted by molar-refractivity contribution is -0.226. The molecule has 9 nitrogen and oxygen atoms in total. The van der Waals surface area contributed by atoms with E-state index in [-0.39, 0.29) is 54.6 Å². The Bertz CT molecular complexity index is 1330. The van der Waals surface area contributed by atoms with Crippen molar-refractivity contribution >= 4 is 23.9 Å². The molecule has 268 valence electrons. The third-order valence-electron chi connectivity index (χ3n) is 14.3. The van der Waals surface area contributed by atoms with Gasteiger partial charge in [-0.3, -0.25) is 19.2 Å². The summed E-state index contributed by atoms with van der Waals surface area (Å²) in [7, 11) is 0. The second-order valence-electron chi connectivity index (χ2n) is 18.9. The molecule has 0 aromatic heterocycles. The summed E-state index contributed by atoms with van der Waals surface area (Å²) in [4.78, 5) is 55.3. The Balaban J connectivity index is 1.12. The minimum absolute atomic E-state index is 0.0737. The number of rotatable bonds is 12. The maximum absolute atomic E-state index is 14.5. The summed E-state index contributed by atoms with van der Waals surface area (Å²) in [5.41, 5.74) is -5.27. The fraction of sp³-hybridized carbons (Fsp3) is 0.897. The molecule has 0 spiro atoms. The number of fused-ring (bicyclic) bond motifs is 1. The van der Waals surface area contributed by atoms with Gasteiger partial charge in [0.25, 0.3) is 0 Å². The molecule has 8 rings (SSSR count). The van der Waals surface area contributed by atoms with Crippen LogP contribution in [0.15, 0.2) is 0 Å². The summed E-state index contributed by atoms with van der Waals surface area (Å²) in [6.45, 7) is 11.4. The van der Waals surface area contributed by atoms with Crippen LogP contribution in [0.4, 0.5) is 0 Å². The largest absolute Gasteiger partial charge is 0.459 e. The molecule has 1 N–H and O–H groups in total. The van der Waals surface area contributed by atoms with Crippen LogP contribution in [0.25, 0.3) is 0 Å². The number of ether oxygens (including phenoxy) is 4. The molecule has 7 aliphatic carbocycles. The van der Waals surface area contributed by atoms with Crippen molar-refractivity contribution in [3.63, 3.8) is 0 Å². The zero-order valence-corrected chi connectivity index (χ0v) is 30.1. The first-order valence-electron chi connectivity index (χ1n) is 19.1. The van der Waals surface area contributed by atoms with E-state index in [1.807, 2.05) is 34.6 Å². The molecule has 48 heavy (non-hydrogen) atoms. The highest BCUT2D eigenvalue weighted by atomic mass is 16.6. The van der Waals surface area contributed by atoms with E-state index >= 15 is 0 Å². The molecule has 0 aromatic rings. The van der Waals surface area contributed by atoms with Crippen molar-refractivity contribution in [1.29, 1.82) is 0 Å². The van der Waals surface area contributed by atoms with E-state index in [4.69, 9.17) is 18.9 Å². The van der Waals surface area contributed by atoms with E-state index < -0.39 is 45.1 Å². The highest BCUT2D eigenvalue weighted by Gasteiger charge is 2.64. The summed E-state index contributed by atoms with van der Waals surface area (Å²) in [5, 5.41) is 11.3. The monoisotopic (exact) mass is 670 g/mol. The standard InChI is InChI=1S/C39H58O9/c1-7-35(5,32(42)46-28-25-14-26-27(15-25)30(40)45-29(26)28)21-36(6,33(43)48-38(8-2)11-9-10-12-38)20-34(3,4)31(41)47-39-18-23-13-24(19-39)17-37(44,16-23)22-39/h23-29,44H,7-22H2,1-6H3. The molecule has 7 saturated carbocycles. The summed E-state index contributed by atoms with van der Waals surface area (Å²) in [5.74, 6) is -0.414. The van der Waals surface area contributed by atoms with Crippen LogP contribution in [0.1, 0.15) is 144 Å². The Morgan fingerprint density at radius 2 is 1.52 bits per heavy atom. The molecular weight excluding hydrogens is 612 g/mol. The minimum atomic E-state index is -1.20. The lowest BCUT2D eigenvalue weighted by Crippen LogP contribution is -2.61. The molecule has 9 unspecified atom stereocenters. The molecule has 1 aliphatic heterocycles. The third kappa shape index (κ3) is 5.70. The maximum Gasteiger partial charge on any atom is 0.312 e. The summed E-state index contributed by atoms with van der Waals surface area (Å²) in [6.07, 6.45) is 10.4. The van der Waals surface area contributed by atoms with Crippen LogP contribution in [-0.2, 0) is 38.1 Å². The molecule has 8 aliphatic rings. The number of esters is 4. The molecule has 6 bridgehead atoms. The van der Waals surface area contributed by atoms with Gasteiger partial charge in [-0.1, -0.05) is 13.8 Å². The van der Waals surface area contributed by atoms with Crippen LogP contribution in [0.2, 0.25) is 0 Å². The quantitative estimate of drug-likeness (QED) is 0.181. The fourth-order valence-corrected chi connectivity index (χ4v) is 12.2. The first-order valence-corrected chi connectivity index (χ1v) is 19.1. The van der Waals surface area contributed by atoms with Gasteiger partial charge >= 0.3 is 23.9 Å². The van der Waals surface area contributed by atoms with Crippen molar-refractivity contribution in [2.24, 2.45) is 45.8 Å². The van der Waals surface area contributed by atoms with Gasteiger partial charge in [-0.05, 0) is 136 Å². The normalized spacial score (nSPS) is 41.1. The van der Waals surface area contributed by atoms with E-state index in [0.29, 0.717) is 37.5 Å². The predicted molar refractivity (Wildman–Crippen MR) is 175 cm³/mol. The summed E-state index contributed by atoms with van der Waals surface area (Å²) < 4.78 is 24.8. The lowest BCUT2D eigenvalue weighted by Gasteiger charge is -2.59. The first kappa shape index (κ1) is 34.3. The SMILES string of the molecule is CCC1(OC(=O)C(C)(CC(C)(C)C(=O)OC23CC4CC(CC(O)(C4)C2)C3)CC(C)(CC)C(=O)OC2C3CC4C(=O)OC2C4C3)CCCC1. The van der Waals surface area contributed by atoms with Gasteiger partial charge < -0.3 is 24.1 Å². The third-order valence-corrected chi connectivity index (χ3v) is 14.3. The molecule has 0 radical (unpaired) electrons. The minimum Gasteiger partial charge on any atom is -0.459 e. The number of hydrogen-bond acceptors (Lipinski definition) is 9. The number of carbonyl (C=O) groups is 4. The molecule has 1 heterocycles. The highest BCUT2D eigenvalue weighted by molar-refractivity contribution is 5.83. The number of aliphatic hydroxyl groups is 1. The van der Waals surface area contributed by atoms with Gasteiger partial charge in [0.15, 0.2) is 0 Å². The topological polar surface area (TPSA) is 125 Å². The van der Waals surface area contributed by atoms with E-state index in [0.717, 1.165) is 64.2 Å². The average molecular weight is 671 g/mol. The van der Waals surface area contributed by atoms with Gasteiger partial charge in [0.2, 0.25) is 0 Å². The Labute approximate surface area is 285 Å². The smallest absolute Gasteiger partial charge is 0.312 e. The second kappa shape index (κ2) is 11.4. The van der Waals surface area contributed by atoms with Gasteiger partial charge in [0.1, 0.15) is 23.4 Å². The van der Waals surface area contributed by atoms with Crippen LogP contribution in [0.3, 0.4) is 0 Å². The molecule has 1 saturated heterocycles. The zero-order chi connectivity index (χ0) is 34.5. The van der Waals surface area contributed by atoms with Gasteiger partial charge in [-0.15, -0.1) is 0 Å². The van der Waals surface area contributed by atoms with Crippen LogP contribution >= 0.6 is 0 Å². The first-order chi connectivity index (χ1) is 22.4. The van der Waals surface area contributed by atoms with Crippen LogP contribution in [-0.4, -0.2) is 58.0 Å². The van der Waals surface area contributed by atoms with Crippen molar-refractivity contribution in [2.75, 3.05) is 0 Å². The fourth-order valence-electron chi connectivity index (χ4n) is 12.2.